The number of Topliss-reactive ketones (excluding diaryl/α,β-unsaturated/α-hetero) is 1. The Morgan fingerprint density at radius 2 is 1.78 bits per heavy atom. The van der Waals surface area contributed by atoms with Gasteiger partial charge in [-0.1, -0.05) is 33.1 Å². The van der Waals surface area contributed by atoms with Crippen molar-refractivity contribution >= 4 is 5.78 Å². The van der Waals surface area contributed by atoms with Gasteiger partial charge in [0, 0.05) is 12.3 Å². The van der Waals surface area contributed by atoms with Crippen LogP contribution in [0.1, 0.15) is 46.0 Å². The lowest BCUT2D eigenvalue weighted by molar-refractivity contribution is -0.242. The molecule has 6 nitrogen and oxygen atoms in total. The Labute approximate surface area is 137 Å². The molecule has 1 aliphatic carbocycles. The summed E-state index contributed by atoms with van der Waals surface area (Å²) in [6, 6.07) is 0. The molecule has 1 saturated carbocycles. The number of hydrogen-bond acceptors (Lipinski definition) is 6. The predicted molar refractivity (Wildman–Crippen MR) is 83.7 cm³/mol. The van der Waals surface area contributed by atoms with Crippen LogP contribution in [0.4, 0.5) is 0 Å². The zero-order valence-electron chi connectivity index (χ0n) is 14.0. The Balaban J connectivity index is 2.14. The van der Waals surface area contributed by atoms with Crippen molar-refractivity contribution in [1.29, 1.82) is 0 Å². The van der Waals surface area contributed by atoms with Crippen LogP contribution in [-0.4, -0.2) is 63.3 Å². The fraction of sp³-hybridized carbons (Fsp3) is 0.941. The van der Waals surface area contributed by atoms with E-state index in [0.717, 1.165) is 19.3 Å². The van der Waals surface area contributed by atoms with Gasteiger partial charge in [-0.2, -0.15) is 0 Å². The first-order chi connectivity index (χ1) is 10.9. The predicted octanol–water partition coefficient (Wildman–Crippen LogP) is 0.250. The van der Waals surface area contributed by atoms with Gasteiger partial charge in [0.15, 0.2) is 0 Å². The van der Waals surface area contributed by atoms with Crippen LogP contribution < -0.4 is 0 Å². The van der Waals surface area contributed by atoms with E-state index in [1.807, 2.05) is 0 Å². The molecule has 0 aromatic rings. The van der Waals surface area contributed by atoms with Gasteiger partial charge in [0.1, 0.15) is 30.2 Å². The van der Waals surface area contributed by atoms with E-state index < -0.39 is 43.0 Å². The van der Waals surface area contributed by atoms with Gasteiger partial charge >= 0.3 is 0 Å². The van der Waals surface area contributed by atoms with Crippen LogP contribution in [0.15, 0.2) is 0 Å². The van der Waals surface area contributed by atoms with Crippen molar-refractivity contribution in [3.05, 3.63) is 0 Å². The van der Waals surface area contributed by atoms with E-state index in [2.05, 4.69) is 13.8 Å². The fourth-order valence-electron chi connectivity index (χ4n) is 4.22. The molecule has 2 aliphatic rings. The number of hydrogen-bond donors (Lipinski definition) is 4. The monoisotopic (exact) mass is 330 g/mol. The van der Waals surface area contributed by atoms with Crippen LogP contribution in [0.25, 0.3) is 0 Å². The number of carbonyl (C=O) groups excluding carboxylic acids is 1. The van der Waals surface area contributed by atoms with Crippen LogP contribution in [0.5, 0.6) is 0 Å². The van der Waals surface area contributed by atoms with E-state index in [1.54, 1.807) is 0 Å². The molecular formula is C17H30O6. The maximum absolute atomic E-state index is 12.6. The molecule has 134 valence electrons. The highest BCUT2D eigenvalue weighted by Crippen LogP contribution is 2.40. The van der Waals surface area contributed by atoms with Crippen LogP contribution in [0.2, 0.25) is 0 Å². The summed E-state index contributed by atoms with van der Waals surface area (Å²) in [6.07, 6.45) is -1.78. The Bertz CT molecular complexity index is 399. The quantitative estimate of drug-likeness (QED) is 0.576. The lowest BCUT2D eigenvalue weighted by Gasteiger charge is -2.45. The molecule has 2 rings (SSSR count). The van der Waals surface area contributed by atoms with Crippen LogP contribution in [0.3, 0.4) is 0 Å². The Morgan fingerprint density at radius 1 is 1.09 bits per heavy atom. The van der Waals surface area contributed by atoms with Gasteiger partial charge in [-0.05, 0) is 18.3 Å². The summed E-state index contributed by atoms with van der Waals surface area (Å²) in [7, 11) is 0. The first-order valence-electron chi connectivity index (χ1n) is 8.77. The molecule has 0 aromatic carbocycles. The van der Waals surface area contributed by atoms with Crippen molar-refractivity contribution in [2.75, 3.05) is 6.61 Å². The molecule has 0 aromatic heterocycles. The number of carbonyl (C=O) groups is 1. The van der Waals surface area contributed by atoms with Crippen molar-refractivity contribution in [3.63, 3.8) is 0 Å². The number of ketones is 1. The average Bonchev–Trinajstić information content (AvgIpc) is 2.54. The first-order valence-corrected chi connectivity index (χ1v) is 8.77. The van der Waals surface area contributed by atoms with Crippen molar-refractivity contribution in [1.82, 2.24) is 0 Å². The van der Waals surface area contributed by atoms with E-state index in [0.29, 0.717) is 24.7 Å². The molecular weight excluding hydrogens is 300 g/mol. The van der Waals surface area contributed by atoms with Gasteiger partial charge in [-0.3, -0.25) is 4.79 Å². The smallest absolute Gasteiger partial charge is 0.138 e. The van der Waals surface area contributed by atoms with Gasteiger partial charge in [0.2, 0.25) is 0 Å². The van der Waals surface area contributed by atoms with E-state index in [4.69, 9.17) is 4.74 Å². The third-order valence-corrected chi connectivity index (χ3v) is 5.61. The Hall–Kier alpha value is -0.530. The van der Waals surface area contributed by atoms with E-state index >= 15 is 0 Å². The number of aliphatic hydroxyl groups excluding tert-OH is 4. The molecule has 0 amide bonds. The minimum Gasteiger partial charge on any atom is -0.394 e. The van der Waals surface area contributed by atoms with Crippen LogP contribution in [-0.2, 0) is 9.53 Å². The standard InChI is InChI=1S/C17H30O6/c1-3-5-10-7-12(19)11(6-9(10)4-2)17-16(22)15(21)14(20)13(8-18)23-17/h9-11,13-18,20-22H,3-8H2,1-2H3/t9-,10-,11+,13?,14?,15?,16?,17?/m0/s1. The normalized spacial score (nSPS) is 45.2. The summed E-state index contributed by atoms with van der Waals surface area (Å²) in [5.74, 6) is 0.334. The zero-order valence-corrected chi connectivity index (χ0v) is 14.0. The molecule has 0 bridgehead atoms. The van der Waals surface area contributed by atoms with Gasteiger partial charge in [-0.15, -0.1) is 0 Å². The van der Waals surface area contributed by atoms with Gasteiger partial charge in [0.25, 0.3) is 0 Å². The summed E-state index contributed by atoms with van der Waals surface area (Å²) in [4.78, 5) is 12.6. The SMILES string of the molecule is CCC[C@H]1CC(=O)[C@H](C2OC(CO)C(O)C(O)C2O)C[C@@H]1CC. The highest BCUT2D eigenvalue weighted by Gasteiger charge is 2.50. The second kappa shape index (κ2) is 8.03. The third-order valence-electron chi connectivity index (χ3n) is 5.61. The summed E-state index contributed by atoms with van der Waals surface area (Å²) >= 11 is 0. The molecule has 0 radical (unpaired) electrons. The van der Waals surface area contributed by atoms with Gasteiger partial charge in [0.05, 0.1) is 12.7 Å². The zero-order chi connectivity index (χ0) is 17.1. The van der Waals surface area contributed by atoms with E-state index in [-0.39, 0.29) is 5.78 Å². The lowest BCUT2D eigenvalue weighted by Crippen LogP contribution is -2.61. The molecule has 0 spiro atoms. The molecule has 8 atom stereocenters. The average molecular weight is 330 g/mol. The van der Waals surface area contributed by atoms with Crippen molar-refractivity contribution in [2.24, 2.45) is 17.8 Å². The molecule has 2 fully saturated rings. The molecule has 1 saturated heterocycles. The van der Waals surface area contributed by atoms with Gasteiger partial charge < -0.3 is 25.2 Å². The number of rotatable bonds is 5. The number of aliphatic hydroxyl groups is 4. The van der Waals surface area contributed by atoms with E-state index in [9.17, 15) is 25.2 Å². The minimum absolute atomic E-state index is 0.0532. The minimum atomic E-state index is -1.41. The highest BCUT2D eigenvalue weighted by molar-refractivity contribution is 5.82. The largest absolute Gasteiger partial charge is 0.394 e. The third kappa shape index (κ3) is 3.77. The maximum atomic E-state index is 12.6. The molecule has 5 unspecified atom stereocenters. The molecule has 23 heavy (non-hydrogen) atoms. The number of ether oxygens (including phenoxy) is 1. The van der Waals surface area contributed by atoms with Crippen LogP contribution in [0, 0.1) is 17.8 Å². The topological polar surface area (TPSA) is 107 Å². The summed E-state index contributed by atoms with van der Waals surface area (Å²) < 4.78 is 5.60. The van der Waals surface area contributed by atoms with Gasteiger partial charge in [-0.25, -0.2) is 0 Å². The van der Waals surface area contributed by atoms with Crippen molar-refractivity contribution in [3.8, 4) is 0 Å². The van der Waals surface area contributed by atoms with E-state index in [1.165, 1.54) is 0 Å². The van der Waals surface area contributed by atoms with Crippen LogP contribution >= 0.6 is 0 Å². The molecule has 6 heteroatoms. The lowest BCUT2D eigenvalue weighted by atomic mass is 9.67. The van der Waals surface area contributed by atoms with Crippen molar-refractivity contribution < 1.29 is 30.0 Å². The summed E-state index contributed by atoms with van der Waals surface area (Å²) in [6.45, 7) is 3.76. The second-order valence-corrected chi connectivity index (χ2v) is 7.02. The molecule has 4 N–H and O–H groups in total. The summed E-state index contributed by atoms with van der Waals surface area (Å²) in [5, 5.41) is 39.4. The fourth-order valence-corrected chi connectivity index (χ4v) is 4.22. The molecule has 1 aliphatic heterocycles. The Morgan fingerprint density at radius 3 is 2.35 bits per heavy atom. The maximum Gasteiger partial charge on any atom is 0.138 e. The first kappa shape index (κ1) is 18.8. The Kier molecular flexibility index (Phi) is 6.57. The van der Waals surface area contributed by atoms with Crippen molar-refractivity contribution in [2.45, 2.75) is 76.5 Å². The summed E-state index contributed by atoms with van der Waals surface area (Å²) in [5.41, 5.74) is 0. The molecule has 1 heterocycles. The highest BCUT2D eigenvalue weighted by atomic mass is 16.5. The second-order valence-electron chi connectivity index (χ2n) is 7.02.